The predicted octanol–water partition coefficient (Wildman–Crippen LogP) is 1.05. The van der Waals surface area contributed by atoms with Crippen molar-refractivity contribution in [2.24, 2.45) is 4.99 Å². The molecule has 1 aromatic carbocycles. The summed E-state index contributed by atoms with van der Waals surface area (Å²) in [4.78, 5) is 21.1. The number of carbonyl (C=O) groups is 1. The third kappa shape index (κ3) is 4.63. The molecular formula is C18H27N5O. The molecular weight excluding hydrogens is 302 g/mol. The van der Waals surface area contributed by atoms with Gasteiger partial charge in [0.2, 0.25) is 5.91 Å². The minimum Gasteiger partial charge on any atom is -0.368 e. The molecule has 24 heavy (non-hydrogen) atoms. The first-order valence-electron chi connectivity index (χ1n) is 8.89. The molecule has 0 spiro atoms. The molecule has 3 rings (SSSR count). The zero-order chi connectivity index (χ0) is 16.8. The normalized spacial score (nSPS) is 18.5. The van der Waals surface area contributed by atoms with Crippen molar-refractivity contribution >= 4 is 17.6 Å². The molecule has 0 radical (unpaired) electrons. The predicted molar refractivity (Wildman–Crippen MR) is 97.4 cm³/mol. The number of nitrogens with zero attached hydrogens (tertiary/aromatic N) is 3. The number of carbonyl (C=O) groups excluding carboxylic acids is 1. The zero-order valence-corrected chi connectivity index (χ0v) is 14.4. The van der Waals surface area contributed by atoms with Gasteiger partial charge in [-0.2, -0.15) is 0 Å². The van der Waals surface area contributed by atoms with Crippen LogP contribution in [0.5, 0.6) is 0 Å². The van der Waals surface area contributed by atoms with Gasteiger partial charge in [0, 0.05) is 44.5 Å². The summed E-state index contributed by atoms with van der Waals surface area (Å²) >= 11 is 0. The molecule has 6 heteroatoms. The second-order valence-corrected chi connectivity index (χ2v) is 6.32. The molecule has 0 atom stereocenters. The highest BCUT2D eigenvalue weighted by Gasteiger charge is 2.23. The summed E-state index contributed by atoms with van der Waals surface area (Å²) in [5.74, 6) is 0.868. The molecule has 2 aliphatic rings. The van der Waals surface area contributed by atoms with E-state index in [1.54, 1.807) is 0 Å². The molecule has 6 nitrogen and oxygen atoms in total. The first-order valence-corrected chi connectivity index (χ1v) is 8.89. The van der Waals surface area contributed by atoms with E-state index in [9.17, 15) is 4.79 Å². The van der Waals surface area contributed by atoms with Crippen molar-refractivity contribution in [2.45, 2.75) is 25.8 Å². The molecule has 0 unspecified atom stereocenters. The number of benzene rings is 1. The Morgan fingerprint density at radius 1 is 1.17 bits per heavy atom. The highest BCUT2D eigenvalue weighted by atomic mass is 16.2. The van der Waals surface area contributed by atoms with E-state index in [2.05, 4.69) is 44.8 Å². The number of para-hydroxylation sites is 1. The number of hydrogen-bond acceptors (Lipinski definition) is 3. The van der Waals surface area contributed by atoms with Gasteiger partial charge < -0.3 is 20.4 Å². The Kier molecular flexibility index (Phi) is 5.56. The SMILES string of the molecule is CCNC(=NCC(=O)N1CCN(c2ccccc2)CC1)NC1CC1. The zero-order valence-electron chi connectivity index (χ0n) is 14.4. The number of piperazine rings is 1. The summed E-state index contributed by atoms with van der Waals surface area (Å²) < 4.78 is 0. The maximum Gasteiger partial charge on any atom is 0.244 e. The molecule has 1 aromatic rings. The monoisotopic (exact) mass is 329 g/mol. The molecule has 2 fully saturated rings. The minimum atomic E-state index is 0.107. The van der Waals surface area contributed by atoms with Crippen LogP contribution in [0.2, 0.25) is 0 Å². The smallest absolute Gasteiger partial charge is 0.244 e. The number of anilines is 1. The van der Waals surface area contributed by atoms with Crippen molar-refractivity contribution < 1.29 is 4.79 Å². The summed E-state index contributed by atoms with van der Waals surface area (Å²) in [5.41, 5.74) is 1.23. The van der Waals surface area contributed by atoms with Crippen molar-refractivity contribution in [2.75, 3.05) is 44.2 Å². The van der Waals surface area contributed by atoms with Crippen molar-refractivity contribution in [1.82, 2.24) is 15.5 Å². The van der Waals surface area contributed by atoms with Gasteiger partial charge in [0.1, 0.15) is 6.54 Å². The fourth-order valence-electron chi connectivity index (χ4n) is 2.84. The highest BCUT2D eigenvalue weighted by Crippen LogP contribution is 2.18. The van der Waals surface area contributed by atoms with Gasteiger partial charge >= 0.3 is 0 Å². The summed E-state index contributed by atoms with van der Waals surface area (Å²) in [5, 5.41) is 6.54. The number of amides is 1. The molecule has 1 aliphatic heterocycles. The lowest BCUT2D eigenvalue weighted by Crippen LogP contribution is -2.49. The van der Waals surface area contributed by atoms with Crippen LogP contribution in [0.25, 0.3) is 0 Å². The lowest BCUT2D eigenvalue weighted by atomic mass is 10.2. The van der Waals surface area contributed by atoms with Gasteiger partial charge in [-0.1, -0.05) is 18.2 Å². The van der Waals surface area contributed by atoms with E-state index < -0.39 is 0 Å². The number of hydrogen-bond donors (Lipinski definition) is 2. The fourth-order valence-corrected chi connectivity index (χ4v) is 2.84. The highest BCUT2D eigenvalue weighted by molar-refractivity contribution is 5.85. The first-order chi connectivity index (χ1) is 11.8. The number of guanidine groups is 1. The molecule has 1 heterocycles. The summed E-state index contributed by atoms with van der Waals surface area (Å²) in [6, 6.07) is 10.9. The number of nitrogens with one attached hydrogen (secondary N) is 2. The summed E-state index contributed by atoms with van der Waals surface area (Å²) in [7, 11) is 0. The fraction of sp³-hybridized carbons (Fsp3) is 0.556. The number of aliphatic imine (C=N–C) groups is 1. The van der Waals surface area contributed by atoms with Crippen LogP contribution in [0.1, 0.15) is 19.8 Å². The van der Waals surface area contributed by atoms with Crippen LogP contribution in [-0.2, 0) is 4.79 Å². The second kappa shape index (κ2) is 8.04. The average Bonchev–Trinajstić information content (AvgIpc) is 3.44. The molecule has 0 aromatic heterocycles. The Morgan fingerprint density at radius 2 is 1.88 bits per heavy atom. The lowest BCUT2D eigenvalue weighted by Gasteiger charge is -2.36. The minimum absolute atomic E-state index is 0.107. The van der Waals surface area contributed by atoms with Crippen LogP contribution in [-0.4, -0.2) is 62.1 Å². The van der Waals surface area contributed by atoms with Crippen LogP contribution in [0, 0.1) is 0 Å². The van der Waals surface area contributed by atoms with Gasteiger partial charge in [-0.15, -0.1) is 0 Å². The number of rotatable bonds is 5. The molecule has 1 saturated heterocycles. The van der Waals surface area contributed by atoms with Gasteiger partial charge in [-0.05, 0) is 31.9 Å². The third-order valence-corrected chi connectivity index (χ3v) is 4.39. The Labute approximate surface area is 143 Å². The topological polar surface area (TPSA) is 60.0 Å². The van der Waals surface area contributed by atoms with Crippen molar-refractivity contribution in [3.63, 3.8) is 0 Å². The van der Waals surface area contributed by atoms with Crippen molar-refractivity contribution in [1.29, 1.82) is 0 Å². The molecule has 1 aliphatic carbocycles. The Balaban J connectivity index is 1.47. The van der Waals surface area contributed by atoms with Gasteiger partial charge in [-0.25, -0.2) is 4.99 Å². The Hall–Kier alpha value is -2.24. The largest absolute Gasteiger partial charge is 0.368 e. The first kappa shape index (κ1) is 16.6. The maximum absolute atomic E-state index is 12.4. The summed E-state index contributed by atoms with van der Waals surface area (Å²) in [6.07, 6.45) is 2.39. The van der Waals surface area contributed by atoms with Crippen molar-refractivity contribution in [3.8, 4) is 0 Å². The van der Waals surface area contributed by atoms with E-state index in [1.165, 1.54) is 18.5 Å². The molecule has 1 saturated carbocycles. The van der Waals surface area contributed by atoms with Crippen LogP contribution >= 0.6 is 0 Å². The van der Waals surface area contributed by atoms with Crippen LogP contribution in [0.4, 0.5) is 5.69 Å². The molecule has 0 bridgehead atoms. The average molecular weight is 329 g/mol. The summed E-state index contributed by atoms with van der Waals surface area (Å²) in [6.45, 7) is 6.33. The van der Waals surface area contributed by atoms with E-state index >= 15 is 0 Å². The maximum atomic E-state index is 12.4. The van der Waals surface area contributed by atoms with Gasteiger partial charge in [0.15, 0.2) is 5.96 Å². The van der Waals surface area contributed by atoms with Crippen LogP contribution in [0.3, 0.4) is 0 Å². The van der Waals surface area contributed by atoms with E-state index in [0.29, 0.717) is 6.04 Å². The van der Waals surface area contributed by atoms with Crippen molar-refractivity contribution in [3.05, 3.63) is 30.3 Å². The lowest BCUT2D eigenvalue weighted by molar-refractivity contribution is -0.129. The van der Waals surface area contributed by atoms with Crippen LogP contribution < -0.4 is 15.5 Å². The van der Waals surface area contributed by atoms with E-state index in [0.717, 1.165) is 38.7 Å². The Bertz CT molecular complexity index is 562. The quantitative estimate of drug-likeness (QED) is 0.626. The third-order valence-electron chi connectivity index (χ3n) is 4.39. The second-order valence-electron chi connectivity index (χ2n) is 6.32. The van der Waals surface area contributed by atoms with Gasteiger partial charge in [0.05, 0.1) is 0 Å². The van der Waals surface area contributed by atoms with E-state index in [-0.39, 0.29) is 12.5 Å². The van der Waals surface area contributed by atoms with Crippen LogP contribution in [0.15, 0.2) is 35.3 Å². The standard InChI is InChI=1S/C18H27N5O/c1-2-19-18(21-15-8-9-15)20-14-17(24)23-12-10-22(11-13-23)16-6-4-3-5-7-16/h3-7,15H,2,8-14H2,1H3,(H2,19,20,21). The molecule has 1 amide bonds. The van der Waals surface area contributed by atoms with E-state index in [4.69, 9.17) is 0 Å². The van der Waals surface area contributed by atoms with Gasteiger partial charge in [0.25, 0.3) is 0 Å². The molecule has 2 N–H and O–H groups in total. The van der Waals surface area contributed by atoms with E-state index in [1.807, 2.05) is 17.9 Å². The Morgan fingerprint density at radius 3 is 2.50 bits per heavy atom. The van der Waals surface area contributed by atoms with Gasteiger partial charge in [-0.3, -0.25) is 4.79 Å². The molecule has 130 valence electrons.